The Labute approximate surface area is 169 Å². The minimum Gasteiger partial charge on any atom is -0.493 e. The summed E-state index contributed by atoms with van der Waals surface area (Å²) in [6.07, 6.45) is 0.625. The second kappa shape index (κ2) is 11.2. The van der Waals surface area contributed by atoms with E-state index >= 15 is 0 Å². The number of carbonyl (C=O) groups is 2. The maximum atomic E-state index is 12.0. The second-order valence-electron chi connectivity index (χ2n) is 5.97. The van der Waals surface area contributed by atoms with Crippen molar-refractivity contribution in [2.75, 3.05) is 27.4 Å². The van der Waals surface area contributed by atoms with E-state index in [0.717, 1.165) is 10.5 Å². The fourth-order valence-electron chi connectivity index (χ4n) is 2.44. The third-order valence-corrected chi connectivity index (χ3v) is 5.01. The Morgan fingerprint density at radius 3 is 2.43 bits per heavy atom. The number of methoxy groups -OCH3 is 2. The number of nitrogens with one attached hydrogen (secondary N) is 1. The normalized spacial score (nSPS) is 11.4. The molecule has 1 amide bonds. The van der Waals surface area contributed by atoms with E-state index in [-0.39, 0.29) is 17.8 Å². The fourth-order valence-corrected chi connectivity index (χ4v) is 3.33. The number of rotatable bonds is 10. The number of amides is 1. The lowest BCUT2D eigenvalue weighted by atomic mass is 10.1. The lowest BCUT2D eigenvalue weighted by molar-refractivity contribution is -0.147. The molecule has 2 aromatic rings. The first kappa shape index (κ1) is 21.6. The van der Waals surface area contributed by atoms with Crippen LogP contribution < -0.4 is 14.8 Å². The van der Waals surface area contributed by atoms with Gasteiger partial charge < -0.3 is 19.5 Å². The Morgan fingerprint density at radius 1 is 1.04 bits per heavy atom. The van der Waals surface area contributed by atoms with Gasteiger partial charge in [-0.1, -0.05) is 24.3 Å². The molecule has 0 fully saturated rings. The molecule has 0 aliphatic carbocycles. The lowest BCUT2D eigenvalue weighted by Crippen LogP contribution is -2.31. The fraction of sp³-hybridized carbons (Fsp3) is 0.333. The van der Waals surface area contributed by atoms with Gasteiger partial charge in [0.2, 0.25) is 0 Å². The van der Waals surface area contributed by atoms with Gasteiger partial charge in [-0.15, -0.1) is 11.8 Å². The van der Waals surface area contributed by atoms with E-state index in [2.05, 4.69) is 5.32 Å². The van der Waals surface area contributed by atoms with Gasteiger partial charge >= 0.3 is 5.97 Å². The van der Waals surface area contributed by atoms with Gasteiger partial charge in [0.25, 0.3) is 5.91 Å². The van der Waals surface area contributed by atoms with Crippen molar-refractivity contribution in [3.63, 3.8) is 0 Å². The van der Waals surface area contributed by atoms with Crippen molar-refractivity contribution in [1.82, 2.24) is 5.32 Å². The number of benzene rings is 2. The Morgan fingerprint density at radius 2 is 1.75 bits per heavy atom. The molecule has 150 valence electrons. The maximum Gasteiger partial charge on any atom is 0.319 e. The van der Waals surface area contributed by atoms with Crippen LogP contribution in [-0.2, 0) is 20.7 Å². The van der Waals surface area contributed by atoms with Crippen molar-refractivity contribution in [1.29, 1.82) is 0 Å². The van der Waals surface area contributed by atoms with Gasteiger partial charge in [0, 0.05) is 11.4 Å². The number of carbonyl (C=O) groups excluding carboxylic acids is 2. The topological polar surface area (TPSA) is 73.9 Å². The quantitative estimate of drug-likeness (QED) is 0.485. The van der Waals surface area contributed by atoms with Gasteiger partial charge in [-0.05, 0) is 43.2 Å². The molecule has 0 aliphatic rings. The number of ether oxygens (including phenoxy) is 3. The monoisotopic (exact) mass is 403 g/mol. The summed E-state index contributed by atoms with van der Waals surface area (Å²) in [5.74, 6) is 0.560. The molecule has 28 heavy (non-hydrogen) atoms. The van der Waals surface area contributed by atoms with Crippen molar-refractivity contribution < 1.29 is 23.8 Å². The van der Waals surface area contributed by atoms with Crippen LogP contribution in [0.25, 0.3) is 0 Å². The first-order valence-corrected chi connectivity index (χ1v) is 9.77. The summed E-state index contributed by atoms with van der Waals surface area (Å²) in [5, 5.41) is 2.36. The van der Waals surface area contributed by atoms with Crippen molar-refractivity contribution in [3.05, 3.63) is 54.1 Å². The van der Waals surface area contributed by atoms with Gasteiger partial charge in [0.1, 0.15) is 5.25 Å². The largest absolute Gasteiger partial charge is 0.493 e. The van der Waals surface area contributed by atoms with Crippen LogP contribution >= 0.6 is 11.8 Å². The Kier molecular flexibility index (Phi) is 8.68. The molecule has 0 bridgehead atoms. The van der Waals surface area contributed by atoms with Crippen LogP contribution in [0, 0.1) is 0 Å². The molecule has 0 saturated carbocycles. The highest BCUT2D eigenvalue weighted by Gasteiger charge is 2.17. The SMILES string of the molecule is COc1ccc(CCNC(=O)COC(=O)[C@@H](C)Sc2ccccc2)cc1OC. The average molecular weight is 404 g/mol. The van der Waals surface area contributed by atoms with E-state index in [9.17, 15) is 9.59 Å². The Hall–Kier alpha value is -2.67. The predicted molar refractivity (Wildman–Crippen MR) is 109 cm³/mol. The van der Waals surface area contributed by atoms with Crippen molar-refractivity contribution in [2.45, 2.75) is 23.5 Å². The van der Waals surface area contributed by atoms with Gasteiger partial charge in [0.05, 0.1) is 14.2 Å². The summed E-state index contributed by atoms with van der Waals surface area (Å²) < 4.78 is 15.6. The average Bonchev–Trinajstić information content (AvgIpc) is 2.72. The van der Waals surface area contributed by atoms with E-state index in [1.807, 2.05) is 48.5 Å². The highest BCUT2D eigenvalue weighted by molar-refractivity contribution is 8.00. The molecular weight excluding hydrogens is 378 g/mol. The maximum absolute atomic E-state index is 12.0. The first-order valence-electron chi connectivity index (χ1n) is 8.89. The summed E-state index contributed by atoms with van der Waals surface area (Å²) in [6.45, 7) is 1.90. The molecule has 0 aromatic heterocycles. The van der Waals surface area contributed by atoms with E-state index in [1.54, 1.807) is 21.1 Å². The Balaban J connectivity index is 1.70. The molecule has 1 N–H and O–H groups in total. The molecule has 7 heteroatoms. The Bertz CT molecular complexity index is 782. The summed E-state index contributed by atoms with van der Waals surface area (Å²) >= 11 is 1.40. The zero-order chi connectivity index (χ0) is 20.4. The number of esters is 1. The molecule has 6 nitrogen and oxygen atoms in total. The zero-order valence-corrected chi connectivity index (χ0v) is 17.1. The standard InChI is InChI=1S/C21H25NO5S/c1-15(28-17-7-5-4-6-8-17)21(24)27-14-20(23)22-12-11-16-9-10-18(25-2)19(13-16)26-3/h4-10,13,15H,11-12,14H2,1-3H3,(H,22,23)/t15-/m1/s1. The number of thioether (sulfide) groups is 1. The molecule has 1 atom stereocenters. The minimum absolute atomic E-state index is 0.287. The third kappa shape index (κ3) is 6.81. The minimum atomic E-state index is -0.413. The molecule has 2 rings (SSSR count). The van der Waals surface area contributed by atoms with E-state index in [0.29, 0.717) is 24.5 Å². The van der Waals surface area contributed by atoms with Gasteiger partial charge in [-0.2, -0.15) is 0 Å². The van der Waals surface area contributed by atoms with Crippen LogP contribution in [0.4, 0.5) is 0 Å². The molecule has 0 aliphatic heterocycles. The highest BCUT2D eigenvalue weighted by Crippen LogP contribution is 2.27. The number of hydrogen-bond acceptors (Lipinski definition) is 6. The first-order chi connectivity index (χ1) is 13.5. The predicted octanol–water partition coefficient (Wildman–Crippen LogP) is 3.09. The van der Waals surface area contributed by atoms with Crippen LogP contribution in [0.2, 0.25) is 0 Å². The van der Waals surface area contributed by atoms with E-state index < -0.39 is 5.97 Å². The molecule has 0 spiro atoms. The summed E-state index contributed by atoms with van der Waals surface area (Å²) in [4.78, 5) is 24.9. The van der Waals surface area contributed by atoms with Crippen molar-refractivity contribution in [2.24, 2.45) is 0 Å². The van der Waals surface area contributed by atoms with Crippen LogP contribution in [0.15, 0.2) is 53.4 Å². The highest BCUT2D eigenvalue weighted by atomic mass is 32.2. The molecule has 0 unspecified atom stereocenters. The van der Waals surface area contributed by atoms with E-state index in [1.165, 1.54) is 11.8 Å². The second-order valence-corrected chi connectivity index (χ2v) is 7.38. The molecule has 0 heterocycles. The molecule has 0 radical (unpaired) electrons. The van der Waals surface area contributed by atoms with Gasteiger partial charge in [-0.3, -0.25) is 9.59 Å². The zero-order valence-electron chi connectivity index (χ0n) is 16.3. The van der Waals surface area contributed by atoms with Crippen molar-refractivity contribution in [3.8, 4) is 11.5 Å². The number of hydrogen-bond donors (Lipinski definition) is 1. The lowest BCUT2D eigenvalue weighted by Gasteiger charge is -2.12. The van der Waals surface area contributed by atoms with Crippen LogP contribution in [-0.4, -0.2) is 44.5 Å². The summed E-state index contributed by atoms with van der Waals surface area (Å²) in [6, 6.07) is 15.2. The molecule has 0 saturated heterocycles. The van der Waals surface area contributed by atoms with Gasteiger partial charge in [0.15, 0.2) is 18.1 Å². The van der Waals surface area contributed by atoms with E-state index in [4.69, 9.17) is 14.2 Å². The molecule has 2 aromatic carbocycles. The smallest absolute Gasteiger partial charge is 0.319 e. The molecular formula is C21H25NO5S. The van der Waals surface area contributed by atoms with Gasteiger partial charge in [-0.25, -0.2) is 0 Å². The van der Waals surface area contributed by atoms with Crippen molar-refractivity contribution >= 4 is 23.6 Å². The third-order valence-electron chi connectivity index (χ3n) is 3.92. The summed E-state index contributed by atoms with van der Waals surface area (Å²) in [5.41, 5.74) is 1.00. The van der Waals surface area contributed by atoms with Crippen LogP contribution in [0.5, 0.6) is 11.5 Å². The summed E-state index contributed by atoms with van der Waals surface area (Å²) in [7, 11) is 3.16. The van der Waals surface area contributed by atoms with Crippen LogP contribution in [0.3, 0.4) is 0 Å². The van der Waals surface area contributed by atoms with Crippen LogP contribution in [0.1, 0.15) is 12.5 Å².